The molecule has 1 aromatic carbocycles. The number of fused-ring (bicyclic) bond motifs is 1. The van der Waals surface area contributed by atoms with Crippen LogP contribution in [0.5, 0.6) is 0 Å². The summed E-state index contributed by atoms with van der Waals surface area (Å²) < 4.78 is 55.1. The van der Waals surface area contributed by atoms with E-state index < -0.39 is 54.3 Å². The van der Waals surface area contributed by atoms with Crippen molar-refractivity contribution in [2.75, 3.05) is 5.73 Å². The lowest BCUT2D eigenvalue weighted by Gasteiger charge is -2.38. The molecule has 2 heterocycles. The van der Waals surface area contributed by atoms with E-state index in [4.69, 9.17) is 15.3 Å². The van der Waals surface area contributed by atoms with E-state index in [1.807, 2.05) is 0 Å². The topological polar surface area (TPSA) is 110 Å². The van der Waals surface area contributed by atoms with Crippen molar-refractivity contribution in [1.82, 2.24) is 10.2 Å². The number of piperidine rings is 1. The lowest BCUT2D eigenvalue weighted by atomic mass is 9.89. The molecule has 1 atom stereocenters. The van der Waals surface area contributed by atoms with Crippen molar-refractivity contribution in [3.8, 4) is 0 Å². The number of carbonyl (C=O) groups excluding carboxylic acids is 4. The Labute approximate surface area is 129 Å². The van der Waals surface area contributed by atoms with Gasteiger partial charge in [0.2, 0.25) is 5.91 Å². The van der Waals surface area contributed by atoms with Gasteiger partial charge in [0.1, 0.15) is 5.54 Å². The Bertz CT molecular complexity index is 959. The van der Waals surface area contributed by atoms with E-state index in [-0.39, 0.29) is 16.2 Å². The Morgan fingerprint density at radius 1 is 1.33 bits per heavy atom. The number of anilines is 1. The third-order valence-corrected chi connectivity index (χ3v) is 3.20. The molecule has 2 aliphatic rings. The van der Waals surface area contributed by atoms with Gasteiger partial charge in [0.25, 0.3) is 17.7 Å². The fourth-order valence-electron chi connectivity index (χ4n) is 2.20. The molecule has 0 unspecified atom stereocenters. The molecule has 0 spiro atoms. The zero-order chi connectivity index (χ0) is 21.4. The van der Waals surface area contributed by atoms with Crippen LogP contribution in [0.15, 0.2) is 18.2 Å². The van der Waals surface area contributed by atoms with Gasteiger partial charge in [-0.2, -0.15) is 0 Å². The largest absolute Gasteiger partial charge is 0.398 e. The number of imide groups is 2. The average Bonchev–Trinajstić information content (AvgIpc) is 2.79. The van der Waals surface area contributed by atoms with Crippen LogP contribution in [0.3, 0.4) is 0 Å². The summed E-state index contributed by atoms with van der Waals surface area (Å²) in [5.74, 6) is -6.27. The number of nitrogen functional groups attached to an aromatic ring is 1. The van der Waals surface area contributed by atoms with Crippen molar-refractivity contribution in [2.24, 2.45) is 0 Å². The second-order valence-electron chi connectivity index (χ2n) is 4.46. The van der Waals surface area contributed by atoms with E-state index in [9.17, 15) is 19.2 Å². The molecule has 0 radical (unpaired) electrons. The molecule has 0 aliphatic carbocycles. The number of nitrogens with one attached hydrogen (secondary N) is 1. The quantitative estimate of drug-likeness (QED) is 0.562. The van der Waals surface area contributed by atoms with Gasteiger partial charge in [0.15, 0.2) is 0 Å². The Hall–Kier alpha value is -2.70. The second kappa shape index (κ2) is 4.15. The molecule has 108 valence electrons. The highest BCUT2D eigenvalue weighted by Crippen LogP contribution is 2.35. The third-order valence-electron chi connectivity index (χ3n) is 3.20. The normalized spacial score (nSPS) is 35.4. The number of carbonyl (C=O) groups is 4. The Morgan fingerprint density at radius 3 is 2.76 bits per heavy atom. The third kappa shape index (κ3) is 1.67. The maximum atomic E-state index is 12.9. The summed E-state index contributed by atoms with van der Waals surface area (Å²) >= 11 is 0. The summed E-state index contributed by atoms with van der Waals surface area (Å²) in [5.41, 5.74) is 1.02. The van der Waals surface area contributed by atoms with Gasteiger partial charge in [-0.3, -0.25) is 29.4 Å². The first-order valence-electron chi connectivity index (χ1n) is 9.27. The van der Waals surface area contributed by atoms with Crippen molar-refractivity contribution in [3.63, 3.8) is 0 Å². The molecule has 4 amide bonds. The molecular weight excluding hydrogens is 274 g/mol. The van der Waals surface area contributed by atoms with Gasteiger partial charge in [-0.25, -0.2) is 0 Å². The lowest BCUT2D eigenvalue weighted by Crippen LogP contribution is -2.62. The molecule has 21 heavy (non-hydrogen) atoms. The summed E-state index contributed by atoms with van der Waals surface area (Å²) in [5, 5.41) is 1.45. The van der Waals surface area contributed by atoms with Gasteiger partial charge >= 0.3 is 0 Å². The van der Waals surface area contributed by atoms with Gasteiger partial charge in [-0.05, 0) is 25.4 Å². The van der Waals surface area contributed by atoms with Gasteiger partial charge in [-0.1, -0.05) is 6.07 Å². The van der Waals surface area contributed by atoms with Crippen LogP contribution in [0.1, 0.15) is 49.9 Å². The highest BCUT2D eigenvalue weighted by atomic mass is 16.2. The average molecular weight is 294 g/mol. The summed E-state index contributed by atoms with van der Waals surface area (Å²) in [6.45, 7) is -3.74. The highest BCUT2D eigenvalue weighted by molar-refractivity contribution is 6.26. The zero-order valence-corrected chi connectivity index (χ0v) is 10.4. The van der Waals surface area contributed by atoms with Crippen LogP contribution in [0.4, 0.5) is 5.69 Å². The smallest absolute Gasteiger partial charge is 0.264 e. The van der Waals surface area contributed by atoms with Gasteiger partial charge in [0, 0.05) is 21.7 Å². The van der Waals surface area contributed by atoms with E-state index in [0.717, 1.165) is 6.07 Å². The molecule has 0 bridgehead atoms. The molecule has 0 saturated carbocycles. The molecular formula is C14H13N3O4. The minimum absolute atomic E-state index is 0.138. The van der Waals surface area contributed by atoms with E-state index in [1.165, 1.54) is 17.4 Å². The molecule has 1 aromatic rings. The van der Waals surface area contributed by atoms with Crippen molar-refractivity contribution in [2.45, 2.75) is 25.1 Å². The number of benzene rings is 1. The minimum atomic E-state index is -3.80. The fourth-order valence-corrected chi connectivity index (χ4v) is 2.20. The SMILES string of the molecule is [2H]C1([2H])C(=O)NC(=O)[C@@](N2C(=O)c3cccc(N)c3C2=O)(C([2H])([2H])[2H])C1([2H])[2H]. The first kappa shape index (κ1) is 7.35. The predicted octanol–water partition coefficient (Wildman–Crippen LogP) is 0.0601. The number of hydrogen-bond acceptors (Lipinski definition) is 5. The van der Waals surface area contributed by atoms with Gasteiger partial charge in [-0.15, -0.1) is 0 Å². The van der Waals surface area contributed by atoms with Crippen LogP contribution in [0.25, 0.3) is 0 Å². The maximum Gasteiger partial charge on any atom is 0.264 e. The summed E-state index contributed by atoms with van der Waals surface area (Å²) in [4.78, 5) is 50.3. The Balaban J connectivity index is 2.39. The fraction of sp³-hybridized carbons (Fsp3) is 0.286. The van der Waals surface area contributed by atoms with Gasteiger partial charge < -0.3 is 5.73 Å². The summed E-state index contributed by atoms with van der Waals surface area (Å²) in [7, 11) is 0. The first-order valence-corrected chi connectivity index (χ1v) is 5.77. The predicted molar refractivity (Wildman–Crippen MR) is 72.1 cm³/mol. The standard InChI is InChI=1S/C14H13N3O4/c1-14(6-5-9(18)16-13(14)21)17-11(19)7-3-2-4-8(15)10(7)12(17)20/h2-4H,5-6,15H2,1H3,(H,16,18,21)/t14-/m1/s1/i1D3,5D2,6D2. The molecule has 3 N–H and O–H groups in total. The monoisotopic (exact) mass is 294 g/mol. The van der Waals surface area contributed by atoms with Crippen LogP contribution in [0.2, 0.25) is 0 Å². The molecule has 1 fully saturated rings. The molecule has 1 saturated heterocycles. The number of rotatable bonds is 1. The second-order valence-corrected chi connectivity index (χ2v) is 4.46. The molecule has 7 heteroatoms. The number of nitrogens with two attached hydrogens (primary N) is 1. The number of hydrogen-bond donors (Lipinski definition) is 2. The maximum absolute atomic E-state index is 12.9. The van der Waals surface area contributed by atoms with E-state index in [1.54, 1.807) is 0 Å². The lowest BCUT2D eigenvalue weighted by molar-refractivity contribution is -0.140. The van der Waals surface area contributed by atoms with Crippen LogP contribution < -0.4 is 11.1 Å². The highest BCUT2D eigenvalue weighted by Gasteiger charge is 2.53. The summed E-state index contributed by atoms with van der Waals surface area (Å²) in [6.07, 6.45) is -7.36. The van der Waals surface area contributed by atoms with E-state index >= 15 is 0 Å². The van der Waals surface area contributed by atoms with Crippen molar-refractivity contribution < 1.29 is 28.8 Å². The van der Waals surface area contributed by atoms with Crippen molar-refractivity contribution in [3.05, 3.63) is 29.3 Å². The zero-order valence-electron chi connectivity index (χ0n) is 17.4. The van der Waals surface area contributed by atoms with Crippen LogP contribution in [0, 0.1) is 0 Å². The molecule has 0 aromatic heterocycles. The minimum Gasteiger partial charge on any atom is -0.398 e. The Kier molecular flexibility index (Phi) is 1.45. The molecule has 2 aliphatic heterocycles. The van der Waals surface area contributed by atoms with Crippen LogP contribution in [-0.4, -0.2) is 34.1 Å². The molecule has 3 rings (SSSR count). The Morgan fingerprint density at radius 2 is 2.10 bits per heavy atom. The van der Waals surface area contributed by atoms with Gasteiger partial charge in [0.05, 0.1) is 11.1 Å². The van der Waals surface area contributed by atoms with E-state index in [2.05, 4.69) is 0 Å². The summed E-state index contributed by atoms with van der Waals surface area (Å²) in [6, 6.07) is 3.67. The van der Waals surface area contributed by atoms with Crippen molar-refractivity contribution >= 4 is 29.3 Å². The van der Waals surface area contributed by atoms with Crippen LogP contribution in [-0.2, 0) is 9.59 Å². The molecule has 7 nitrogen and oxygen atoms in total. The number of nitrogens with zero attached hydrogens (tertiary/aromatic N) is 1. The van der Waals surface area contributed by atoms with E-state index in [0.29, 0.717) is 0 Å². The van der Waals surface area contributed by atoms with Crippen LogP contribution >= 0.6 is 0 Å². The first-order chi connectivity index (χ1) is 12.6. The number of amides is 4. The van der Waals surface area contributed by atoms with Crippen molar-refractivity contribution in [1.29, 1.82) is 0 Å².